The minimum Gasteiger partial charge on any atom is -0.468 e. The first-order chi connectivity index (χ1) is 9.68. The Kier molecular flexibility index (Phi) is 2.83. The van der Waals surface area contributed by atoms with Gasteiger partial charge in [-0.1, -0.05) is 0 Å². The van der Waals surface area contributed by atoms with Crippen LogP contribution in [0.25, 0.3) is 0 Å². The molecule has 0 aliphatic carbocycles. The Hall–Kier alpha value is -1.99. The maximum Gasteiger partial charge on any atom is 0.406 e. The van der Waals surface area contributed by atoms with Crippen LogP contribution in [0.4, 0.5) is 22.4 Å². The number of hydrogen-bond acceptors (Lipinski definition) is 2. The fourth-order valence-electron chi connectivity index (χ4n) is 2.81. The molecule has 114 valence electrons. The molecule has 2 unspecified atom stereocenters. The van der Waals surface area contributed by atoms with E-state index in [0.29, 0.717) is 10.5 Å². The number of ether oxygens (including phenoxy) is 1. The summed E-state index contributed by atoms with van der Waals surface area (Å²) in [6, 6.07) is 2.31. The molecule has 0 aromatic heterocycles. The topological polar surface area (TPSA) is 41.6 Å². The van der Waals surface area contributed by atoms with Gasteiger partial charge < -0.3 is 10.1 Å². The number of rotatable bonds is 1. The van der Waals surface area contributed by atoms with Crippen LogP contribution >= 0.6 is 0 Å². The number of halogens is 4. The van der Waals surface area contributed by atoms with E-state index in [4.69, 9.17) is 4.74 Å². The minimum atomic E-state index is -4.53. The predicted octanol–water partition coefficient (Wildman–Crippen LogP) is 2.95. The van der Waals surface area contributed by atoms with Crippen molar-refractivity contribution in [1.82, 2.24) is 10.2 Å². The third kappa shape index (κ3) is 2.38. The largest absolute Gasteiger partial charge is 0.468 e. The second-order valence-corrected chi connectivity index (χ2v) is 5.37. The highest BCUT2D eigenvalue weighted by Crippen LogP contribution is 2.44. The standard InChI is InChI=1S/C13H12F4N2O2/c1-12-5-9(8-4-7(14)2-3-10(8)21-12)18-11(20)19(12)6-13(15,16)17/h2-4,9H,5-6H2,1H3,(H,18,20). The monoisotopic (exact) mass is 304 g/mol. The fourth-order valence-corrected chi connectivity index (χ4v) is 2.81. The Labute approximate surface area is 117 Å². The first-order valence-electron chi connectivity index (χ1n) is 6.31. The molecule has 1 aromatic carbocycles. The van der Waals surface area contributed by atoms with Crippen molar-refractivity contribution < 1.29 is 27.1 Å². The maximum atomic E-state index is 13.3. The number of urea groups is 1. The molecule has 2 aliphatic rings. The molecule has 2 heterocycles. The zero-order valence-electron chi connectivity index (χ0n) is 11.0. The molecule has 1 fully saturated rings. The highest BCUT2D eigenvalue weighted by molar-refractivity contribution is 5.77. The van der Waals surface area contributed by atoms with Gasteiger partial charge >= 0.3 is 12.2 Å². The molecule has 1 N–H and O–H groups in total. The van der Waals surface area contributed by atoms with Gasteiger partial charge in [-0.25, -0.2) is 9.18 Å². The molecule has 4 nitrogen and oxygen atoms in total. The summed E-state index contributed by atoms with van der Waals surface area (Å²) in [5, 5.41) is 2.47. The number of benzene rings is 1. The van der Waals surface area contributed by atoms with Crippen LogP contribution in [0.5, 0.6) is 5.75 Å². The van der Waals surface area contributed by atoms with Gasteiger partial charge in [0.25, 0.3) is 0 Å². The minimum absolute atomic E-state index is 0.116. The van der Waals surface area contributed by atoms with E-state index in [1.54, 1.807) is 0 Å². The van der Waals surface area contributed by atoms with E-state index in [1.807, 2.05) is 0 Å². The number of alkyl halides is 3. The van der Waals surface area contributed by atoms with Gasteiger partial charge in [0.2, 0.25) is 0 Å². The molecular weight excluding hydrogens is 292 g/mol. The lowest BCUT2D eigenvalue weighted by Crippen LogP contribution is -2.66. The zero-order chi connectivity index (χ0) is 15.4. The van der Waals surface area contributed by atoms with E-state index in [-0.39, 0.29) is 12.2 Å². The van der Waals surface area contributed by atoms with Crippen molar-refractivity contribution in [2.75, 3.05) is 6.54 Å². The van der Waals surface area contributed by atoms with E-state index >= 15 is 0 Å². The molecule has 1 saturated heterocycles. The summed E-state index contributed by atoms with van der Waals surface area (Å²) >= 11 is 0. The zero-order valence-corrected chi connectivity index (χ0v) is 11.0. The number of carbonyl (C=O) groups excluding carboxylic acids is 1. The summed E-state index contributed by atoms with van der Waals surface area (Å²) < 4.78 is 56.7. The van der Waals surface area contributed by atoms with Crippen LogP contribution in [0.2, 0.25) is 0 Å². The molecule has 2 amide bonds. The molecule has 8 heteroatoms. The summed E-state index contributed by atoms with van der Waals surface area (Å²) in [5.74, 6) is -0.213. The van der Waals surface area contributed by atoms with Gasteiger partial charge in [0.1, 0.15) is 18.1 Å². The molecule has 0 radical (unpaired) electrons. The van der Waals surface area contributed by atoms with Gasteiger partial charge in [-0.05, 0) is 25.1 Å². The molecule has 2 bridgehead atoms. The molecule has 2 atom stereocenters. The van der Waals surface area contributed by atoms with Crippen LogP contribution in [0.1, 0.15) is 24.9 Å². The van der Waals surface area contributed by atoms with Crippen LogP contribution in [0.3, 0.4) is 0 Å². The summed E-state index contributed by atoms with van der Waals surface area (Å²) in [6.07, 6.45) is -4.41. The molecule has 1 aromatic rings. The van der Waals surface area contributed by atoms with Gasteiger partial charge in [0, 0.05) is 12.0 Å². The Balaban J connectivity index is 1.99. The highest BCUT2D eigenvalue weighted by atomic mass is 19.4. The Morgan fingerprint density at radius 2 is 2.19 bits per heavy atom. The van der Waals surface area contributed by atoms with Gasteiger partial charge in [0.05, 0.1) is 6.04 Å². The summed E-state index contributed by atoms with van der Waals surface area (Å²) in [4.78, 5) is 12.5. The summed E-state index contributed by atoms with van der Waals surface area (Å²) in [6.45, 7) is 0.0232. The predicted molar refractivity (Wildman–Crippen MR) is 64.1 cm³/mol. The Morgan fingerprint density at radius 1 is 1.48 bits per heavy atom. The molecule has 3 rings (SSSR count). The van der Waals surface area contributed by atoms with Crippen LogP contribution in [0.15, 0.2) is 18.2 Å². The quantitative estimate of drug-likeness (QED) is 0.811. The second kappa shape index (κ2) is 4.25. The SMILES string of the molecule is CC12CC(NC(=O)N1CC(F)(F)F)c1cc(F)ccc1O2. The lowest BCUT2D eigenvalue weighted by Gasteiger charge is -2.50. The number of carbonyl (C=O) groups is 1. The van der Waals surface area contributed by atoms with E-state index in [1.165, 1.54) is 25.1 Å². The molecular formula is C13H12F4N2O2. The second-order valence-electron chi connectivity index (χ2n) is 5.37. The van der Waals surface area contributed by atoms with Crippen LogP contribution in [0, 0.1) is 5.82 Å². The van der Waals surface area contributed by atoms with Crippen molar-refractivity contribution in [3.05, 3.63) is 29.6 Å². The van der Waals surface area contributed by atoms with Crippen molar-refractivity contribution in [3.8, 4) is 5.75 Å². The Morgan fingerprint density at radius 3 is 2.86 bits per heavy atom. The highest BCUT2D eigenvalue weighted by Gasteiger charge is 2.52. The number of nitrogens with zero attached hydrogens (tertiary/aromatic N) is 1. The van der Waals surface area contributed by atoms with E-state index in [2.05, 4.69) is 5.32 Å². The fraction of sp³-hybridized carbons (Fsp3) is 0.462. The van der Waals surface area contributed by atoms with Crippen LogP contribution in [-0.4, -0.2) is 29.4 Å². The van der Waals surface area contributed by atoms with Crippen LogP contribution in [-0.2, 0) is 0 Å². The van der Waals surface area contributed by atoms with E-state index in [0.717, 1.165) is 0 Å². The number of amides is 2. The van der Waals surface area contributed by atoms with Gasteiger partial charge in [-0.15, -0.1) is 0 Å². The maximum absolute atomic E-state index is 13.3. The molecule has 0 spiro atoms. The van der Waals surface area contributed by atoms with Crippen molar-refractivity contribution in [2.24, 2.45) is 0 Å². The Bertz CT molecular complexity index is 604. The lowest BCUT2D eigenvalue weighted by atomic mass is 9.90. The van der Waals surface area contributed by atoms with Gasteiger partial charge in [0.15, 0.2) is 5.72 Å². The van der Waals surface area contributed by atoms with E-state index < -0.39 is 36.3 Å². The molecule has 21 heavy (non-hydrogen) atoms. The van der Waals surface area contributed by atoms with Crippen molar-refractivity contribution in [3.63, 3.8) is 0 Å². The average molecular weight is 304 g/mol. The van der Waals surface area contributed by atoms with Crippen LogP contribution < -0.4 is 10.1 Å². The summed E-state index contributed by atoms with van der Waals surface area (Å²) in [7, 11) is 0. The van der Waals surface area contributed by atoms with Crippen molar-refractivity contribution in [1.29, 1.82) is 0 Å². The number of hydrogen-bond donors (Lipinski definition) is 1. The number of nitrogens with one attached hydrogen (secondary N) is 1. The molecule has 0 saturated carbocycles. The smallest absolute Gasteiger partial charge is 0.406 e. The third-order valence-corrected chi connectivity index (χ3v) is 3.71. The first-order valence-corrected chi connectivity index (χ1v) is 6.31. The third-order valence-electron chi connectivity index (χ3n) is 3.71. The summed E-state index contributed by atoms with van der Waals surface area (Å²) in [5.41, 5.74) is -0.972. The first kappa shape index (κ1) is 14.0. The lowest BCUT2D eigenvalue weighted by molar-refractivity contribution is -0.180. The molecule has 2 aliphatic heterocycles. The van der Waals surface area contributed by atoms with Gasteiger partial charge in [-0.2, -0.15) is 13.2 Å². The van der Waals surface area contributed by atoms with Crippen molar-refractivity contribution >= 4 is 6.03 Å². The van der Waals surface area contributed by atoms with Crippen molar-refractivity contribution in [2.45, 2.75) is 31.3 Å². The number of fused-ring (bicyclic) bond motifs is 4. The average Bonchev–Trinajstić information content (AvgIpc) is 2.34. The van der Waals surface area contributed by atoms with Gasteiger partial charge in [-0.3, -0.25) is 4.90 Å². The van der Waals surface area contributed by atoms with E-state index in [9.17, 15) is 22.4 Å². The normalized spacial score (nSPS) is 27.8.